The molecule has 0 amide bonds. The minimum Gasteiger partial charge on any atom is -0.490 e. The zero-order valence-electron chi connectivity index (χ0n) is 19.7. The van der Waals surface area contributed by atoms with Crippen molar-refractivity contribution < 1.29 is 41.7 Å². The highest BCUT2D eigenvalue weighted by Gasteiger charge is 2.23. The number of esters is 2. The molecule has 0 aromatic heterocycles. The molecule has 2 atom stereocenters. The number of methoxy groups -OCH3 is 1. The van der Waals surface area contributed by atoms with Crippen molar-refractivity contribution in [2.24, 2.45) is 0 Å². The van der Waals surface area contributed by atoms with Gasteiger partial charge in [-0.15, -0.1) is 11.6 Å². The number of hydrogen-bond donors (Lipinski definition) is 0. The first kappa shape index (κ1) is 30.0. The minimum atomic E-state index is -3.98. The number of alkyl halides is 1. The van der Waals surface area contributed by atoms with Crippen molar-refractivity contribution >= 4 is 56.6 Å². The van der Waals surface area contributed by atoms with E-state index in [1.165, 1.54) is 57.4 Å². The monoisotopic (exact) mass is 582 g/mol. The van der Waals surface area contributed by atoms with Crippen LogP contribution in [0.1, 0.15) is 13.8 Å². The van der Waals surface area contributed by atoms with E-state index in [1.807, 2.05) is 0 Å². The molecule has 0 spiro atoms. The number of benzene rings is 2. The predicted octanol–water partition coefficient (Wildman–Crippen LogP) is 4.33. The highest BCUT2D eigenvalue weighted by molar-refractivity contribution is 7.91. The van der Waals surface area contributed by atoms with Gasteiger partial charge in [-0.25, -0.2) is 8.42 Å². The maximum Gasteiger partial charge on any atom is 0.303 e. The normalized spacial score (nSPS) is 12.9. The minimum absolute atomic E-state index is 0.0161. The van der Waals surface area contributed by atoms with Gasteiger partial charge < -0.3 is 23.7 Å². The summed E-state index contributed by atoms with van der Waals surface area (Å²) in [6, 6.07) is 8.06. The molecule has 0 saturated carbocycles. The Balaban J connectivity index is 2.15. The Morgan fingerprint density at radius 2 is 1.36 bits per heavy atom. The Morgan fingerprint density at radius 1 is 0.833 bits per heavy atom. The molecule has 2 aromatic rings. The lowest BCUT2D eigenvalue weighted by molar-refractivity contribution is -0.150. The van der Waals surface area contributed by atoms with Crippen LogP contribution < -0.4 is 9.47 Å². The summed E-state index contributed by atoms with van der Waals surface area (Å²) in [6.45, 7) is 2.55. The maximum absolute atomic E-state index is 13.1. The molecule has 36 heavy (non-hydrogen) atoms. The highest BCUT2D eigenvalue weighted by Crippen LogP contribution is 2.37. The van der Waals surface area contributed by atoms with Crippen LogP contribution in [0.3, 0.4) is 0 Å². The fourth-order valence-corrected chi connectivity index (χ4v) is 5.12. The standard InChI is InChI=1S/C23H25Cl3O9S/c1-14(27)34-17(10-24)12-33-23-21(25)8-20(9-22(23)26)36(29,30)19-6-4-16(5-7-19)32-13-18(11-31-3)35-15(2)28/h4-9,17-18H,10-13H2,1-3H3/t17-,18+/m0/s1. The van der Waals surface area contributed by atoms with Crippen LogP contribution in [-0.2, 0) is 33.6 Å². The first-order chi connectivity index (χ1) is 17.0. The van der Waals surface area contributed by atoms with Gasteiger partial charge in [-0.3, -0.25) is 9.59 Å². The fourth-order valence-electron chi connectivity index (χ4n) is 2.93. The van der Waals surface area contributed by atoms with E-state index in [0.717, 1.165) is 0 Å². The van der Waals surface area contributed by atoms with Crippen LogP contribution in [0.2, 0.25) is 10.0 Å². The van der Waals surface area contributed by atoms with Crippen LogP contribution in [0.15, 0.2) is 46.2 Å². The number of carbonyl (C=O) groups is 2. The van der Waals surface area contributed by atoms with Crippen LogP contribution >= 0.6 is 34.8 Å². The molecular formula is C23H25Cl3O9S. The third-order valence-electron chi connectivity index (χ3n) is 4.46. The highest BCUT2D eigenvalue weighted by atomic mass is 35.5. The van der Waals surface area contributed by atoms with Gasteiger partial charge in [0.1, 0.15) is 25.1 Å². The van der Waals surface area contributed by atoms with Gasteiger partial charge in [-0.1, -0.05) is 23.2 Å². The van der Waals surface area contributed by atoms with E-state index in [0.29, 0.717) is 5.75 Å². The summed E-state index contributed by atoms with van der Waals surface area (Å²) < 4.78 is 52.4. The smallest absolute Gasteiger partial charge is 0.303 e. The molecule has 2 aromatic carbocycles. The molecule has 0 bridgehead atoms. The average molecular weight is 584 g/mol. The summed E-state index contributed by atoms with van der Waals surface area (Å²) >= 11 is 18.2. The van der Waals surface area contributed by atoms with Gasteiger partial charge in [-0.05, 0) is 36.4 Å². The lowest BCUT2D eigenvalue weighted by Gasteiger charge is -2.17. The molecule has 0 unspecified atom stereocenters. The molecular weight excluding hydrogens is 559 g/mol. The van der Waals surface area contributed by atoms with Gasteiger partial charge in [0.25, 0.3) is 0 Å². The van der Waals surface area contributed by atoms with Gasteiger partial charge in [0.2, 0.25) is 9.84 Å². The molecule has 0 aliphatic heterocycles. The van der Waals surface area contributed by atoms with Crippen molar-refractivity contribution in [3.63, 3.8) is 0 Å². The van der Waals surface area contributed by atoms with Crippen molar-refractivity contribution in [1.82, 2.24) is 0 Å². The van der Waals surface area contributed by atoms with Crippen molar-refractivity contribution in [3.8, 4) is 11.5 Å². The summed E-state index contributed by atoms with van der Waals surface area (Å²) in [4.78, 5) is 22.1. The van der Waals surface area contributed by atoms with Gasteiger partial charge in [-0.2, -0.15) is 0 Å². The van der Waals surface area contributed by atoms with Gasteiger partial charge in [0, 0.05) is 21.0 Å². The Hall–Kier alpha value is -2.24. The molecule has 13 heteroatoms. The lowest BCUT2D eigenvalue weighted by Crippen LogP contribution is -2.28. The van der Waals surface area contributed by atoms with Crippen molar-refractivity contribution in [2.75, 3.05) is 32.8 Å². The second-order valence-electron chi connectivity index (χ2n) is 7.39. The molecule has 0 saturated heterocycles. The first-order valence-corrected chi connectivity index (χ1v) is 13.2. The van der Waals surface area contributed by atoms with Crippen molar-refractivity contribution in [2.45, 2.75) is 35.8 Å². The third-order valence-corrected chi connectivity index (χ3v) is 7.11. The molecule has 9 nitrogen and oxygen atoms in total. The molecule has 0 heterocycles. The van der Waals surface area contributed by atoms with E-state index in [2.05, 4.69) is 0 Å². The van der Waals surface area contributed by atoms with Crippen LogP contribution in [0.4, 0.5) is 0 Å². The van der Waals surface area contributed by atoms with Crippen LogP contribution in [-0.4, -0.2) is 65.4 Å². The molecule has 0 fully saturated rings. The Morgan fingerprint density at radius 3 is 1.86 bits per heavy atom. The number of carbonyl (C=O) groups excluding carboxylic acids is 2. The largest absolute Gasteiger partial charge is 0.490 e. The molecule has 198 valence electrons. The predicted molar refractivity (Wildman–Crippen MR) is 133 cm³/mol. The average Bonchev–Trinajstić information content (AvgIpc) is 2.81. The topological polar surface area (TPSA) is 114 Å². The number of rotatable bonds is 13. The van der Waals surface area contributed by atoms with Crippen LogP contribution in [0.5, 0.6) is 11.5 Å². The van der Waals surface area contributed by atoms with E-state index in [4.69, 9.17) is 58.5 Å². The Bertz CT molecular complexity index is 1130. The number of halogens is 3. The van der Waals surface area contributed by atoms with E-state index < -0.39 is 34.0 Å². The summed E-state index contributed by atoms with van der Waals surface area (Å²) in [5, 5.41) is -0.0985. The lowest BCUT2D eigenvalue weighted by atomic mass is 10.3. The van der Waals surface area contributed by atoms with E-state index in [-0.39, 0.29) is 51.3 Å². The second-order valence-corrected chi connectivity index (χ2v) is 10.5. The van der Waals surface area contributed by atoms with Gasteiger partial charge in [0.15, 0.2) is 11.9 Å². The van der Waals surface area contributed by atoms with Crippen LogP contribution in [0, 0.1) is 0 Å². The molecule has 0 aliphatic carbocycles. The SMILES string of the molecule is COC[C@H](COc1ccc(S(=O)(=O)c2cc(Cl)c(OC[C@H](CCl)OC(C)=O)c(Cl)c2)cc1)OC(C)=O. The fraction of sp³-hybridized carbons (Fsp3) is 0.391. The molecule has 0 aliphatic rings. The van der Waals surface area contributed by atoms with E-state index in [9.17, 15) is 18.0 Å². The summed E-state index contributed by atoms with van der Waals surface area (Å²) in [6.07, 6.45) is -1.35. The maximum atomic E-state index is 13.1. The number of sulfone groups is 1. The zero-order valence-corrected chi connectivity index (χ0v) is 22.7. The molecule has 0 radical (unpaired) electrons. The van der Waals surface area contributed by atoms with Gasteiger partial charge >= 0.3 is 11.9 Å². The van der Waals surface area contributed by atoms with Crippen LogP contribution in [0.25, 0.3) is 0 Å². The third kappa shape index (κ3) is 8.70. The number of ether oxygens (including phenoxy) is 5. The molecule has 0 N–H and O–H groups in total. The summed E-state index contributed by atoms with van der Waals surface area (Å²) in [5.41, 5.74) is 0. The quantitative estimate of drug-likeness (QED) is 0.251. The molecule has 2 rings (SSSR count). The van der Waals surface area contributed by atoms with E-state index >= 15 is 0 Å². The van der Waals surface area contributed by atoms with Gasteiger partial charge in [0.05, 0.1) is 32.3 Å². The Labute approximate surface area is 224 Å². The summed E-state index contributed by atoms with van der Waals surface area (Å²) in [7, 11) is -2.52. The Kier molecular flexibility index (Phi) is 11.6. The zero-order chi connectivity index (χ0) is 26.9. The number of hydrogen-bond acceptors (Lipinski definition) is 9. The first-order valence-electron chi connectivity index (χ1n) is 10.5. The van der Waals surface area contributed by atoms with Crippen molar-refractivity contribution in [1.29, 1.82) is 0 Å². The second kappa shape index (κ2) is 13.9. The van der Waals surface area contributed by atoms with Crippen molar-refractivity contribution in [3.05, 3.63) is 46.4 Å². The van der Waals surface area contributed by atoms with E-state index in [1.54, 1.807) is 0 Å². The summed E-state index contributed by atoms with van der Waals surface area (Å²) in [5.74, 6) is -0.624.